The summed E-state index contributed by atoms with van der Waals surface area (Å²) in [7, 11) is 2.14. The number of hydrogen-bond donors (Lipinski definition) is 2. The van der Waals surface area contributed by atoms with Gasteiger partial charge in [0.25, 0.3) is 0 Å². The van der Waals surface area contributed by atoms with Crippen molar-refractivity contribution in [2.24, 2.45) is 0 Å². The van der Waals surface area contributed by atoms with Crippen molar-refractivity contribution in [2.75, 3.05) is 25.5 Å². The fourth-order valence-electron chi connectivity index (χ4n) is 3.65. The van der Waals surface area contributed by atoms with Gasteiger partial charge >= 0.3 is 0 Å². The van der Waals surface area contributed by atoms with Gasteiger partial charge in [0.2, 0.25) is 5.95 Å². The molecule has 136 valence electrons. The highest BCUT2D eigenvalue weighted by Gasteiger charge is 2.21. The van der Waals surface area contributed by atoms with Crippen LogP contribution in [0.25, 0.3) is 16.8 Å². The number of likely N-dealkylation sites (N-methyl/N-ethyl adjacent to an activating group) is 1. The van der Waals surface area contributed by atoms with Crippen LogP contribution in [0.15, 0.2) is 24.4 Å². The zero-order valence-corrected chi connectivity index (χ0v) is 15.4. The van der Waals surface area contributed by atoms with Crippen LogP contribution in [0, 0.1) is 13.8 Å². The number of rotatable bonds is 3. The molecule has 0 saturated carbocycles. The Morgan fingerprint density at radius 1 is 1.23 bits per heavy atom. The van der Waals surface area contributed by atoms with E-state index in [4.69, 9.17) is 0 Å². The number of anilines is 1. The number of hydrogen-bond acceptors (Lipinski definition) is 6. The average molecular weight is 352 g/mol. The number of nitrogens with one attached hydrogen (secondary N) is 1. The first kappa shape index (κ1) is 16.8. The first-order chi connectivity index (χ1) is 12.5. The number of aryl methyl sites for hydroxylation is 2. The number of aromatic nitrogens is 4. The van der Waals surface area contributed by atoms with Crippen LogP contribution in [0.3, 0.4) is 0 Å². The smallest absolute Gasteiger partial charge is 0.244 e. The molecule has 0 amide bonds. The number of phenols is 1. The highest BCUT2D eigenvalue weighted by atomic mass is 16.3. The van der Waals surface area contributed by atoms with Gasteiger partial charge in [0.05, 0.1) is 6.20 Å². The van der Waals surface area contributed by atoms with Crippen LogP contribution in [0.4, 0.5) is 5.95 Å². The molecular weight excluding hydrogens is 328 g/mol. The number of aromatic hydroxyl groups is 1. The summed E-state index contributed by atoms with van der Waals surface area (Å²) in [6, 6.07) is 5.91. The maximum atomic E-state index is 10.4. The Morgan fingerprint density at radius 2 is 2.08 bits per heavy atom. The molecule has 1 atom stereocenters. The van der Waals surface area contributed by atoms with Crippen LogP contribution < -0.4 is 5.32 Å². The summed E-state index contributed by atoms with van der Waals surface area (Å²) < 4.78 is 1.80. The lowest BCUT2D eigenvalue weighted by atomic mass is 10.1. The van der Waals surface area contributed by atoms with Gasteiger partial charge in [0.15, 0.2) is 0 Å². The molecule has 3 aromatic rings. The Morgan fingerprint density at radius 3 is 2.85 bits per heavy atom. The third-order valence-electron chi connectivity index (χ3n) is 4.99. The van der Waals surface area contributed by atoms with Gasteiger partial charge in [-0.15, -0.1) is 10.2 Å². The summed E-state index contributed by atoms with van der Waals surface area (Å²) >= 11 is 0. The first-order valence-electron chi connectivity index (χ1n) is 8.99. The first-order valence-corrected chi connectivity index (χ1v) is 8.99. The average Bonchev–Trinajstić information content (AvgIpc) is 2.99. The monoisotopic (exact) mass is 352 g/mol. The van der Waals surface area contributed by atoms with Crippen molar-refractivity contribution in [2.45, 2.75) is 32.7 Å². The summed E-state index contributed by atoms with van der Waals surface area (Å²) in [4.78, 5) is 2.32. The lowest BCUT2D eigenvalue weighted by molar-refractivity contribution is 0.260. The molecule has 4 rings (SSSR count). The fourth-order valence-corrected chi connectivity index (χ4v) is 3.65. The molecule has 0 spiro atoms. The fraction of sp³-hybridized carbons (Fsp3) is 0.421. The number of piperidine rings is 1. The van der Waals surface area contributed by atoms with Gasteiger partial charge in [-0.1, -0.05) is 6.07 Å². The molecule has 1 aliphatic heterocycles. The van der Waals surface area contributed by atoms with Crippen LogP contribution >= 0.6 is 0 Å². The van der Waals surface area contributed by atoms with Crippen molar-refractivity contribution in [3.63, 3.8) is 0 Å². The predicted molar refractivity (Wildman–Crippen MR) is 101 cm³/mol. The standard InChI is InChI=1S/C19H24N6O/c1-12-6-7-15(16(26)9-12)17-18-13(2)10-20-25(18)19(23-22-17)21-14-5-4-8-24(3)11-14/h6-7,9-10,14,26H,4-5,8,11H2,1-3H3,(H,21,23)/t14-/m1/s1. The van der Waals surface area contributed by atoms with E-state index in [9.17, 15) is 5.11 Å². The Hall–Kier alpha value is -2.67. The van der Waals surface area contributed by atoms with Gasteiger partial charge in [-0.2, -0.15) is 9.61 Å². The number of nitrogens with zero attached hydrogens (tertiary/aromatic N) is 5. The van der Waals surface area contributed by atoms with E-state index in [0.29, 0.717) is 23.2 Å². The Labute approximate surface area is 152 Å². The van der Waals surface area contributed by atoms with E-state index >= 15 is 0 Å². The summed E-state index contributed by atoms with van der Waals surface area (Å²) in [6.45, 7) is 6.05. The largest absolute Gasteiger partial charge is 0.507 e. The maximum Gasteiger partial charge on any atom is 0.244 e. The Balaban J connectivity index is 1.77. The highest BCUT2D eigenvalue weighted by molar-refractivity contribution is 5.83. The lowest BCUT2D eigenvalue weighted by Crippen LogP contribution is -2.40. The van der Waals surface area contributed by atoms with Crippen molar-refractivity contribution >= 4 is 11.5 Å². The second-order valence-electron chi connectivity index (χ2n) is 7.23. The molecule has 0 bridgehead atoms. The molecule has 1 saturated heterocycles. The van der Waals surface area contributed by atoms with E-state index in [2.05, 4.69) is 32.6 Å². The van der Waals surface area contributed by atoms with Crippen LogP contribution in [-0.2, 0) is 0 Å². The number of likely N-dealkylation sites (tertiary alicyclic amines) is 1. The third-order valence-corrected chi connectivity index (χ3v) is 4.99. The molecule has 1 aromatic carbocycles. The SMILES string of the molecule is Cc1ccc(-c2nnc(N[C@@H]3CCCN(C)C3)n3ncc(C)c23)c(O)c1. The second kappa shape index (κ2) is 6.57. The number of phenolic OH excluding ortho intramolecular Hbond substituents is 1. The topological polar surface area (TPSA) is 78.6 Å². The molecule has 0 unspecified atom stereocenters. The van der Waals surface area contributed by atoms with Gasteiger partial charge in [0.1, 0.15) is 17.0 Å². The molecule has 3 heterocycles. The Bertz CT molecular complexity index is 951. The van der Waals surface area contributed by atoms with Crippen molar-refractivity contribution in [1.29, 1.82) is 0 Å². The summed E-state index contributed by atoms with van der Waals surface area (Å²) in [5.74, 6) is 0.847. The minimum Gasteiger partial charge on any atom is -0.507 e. The molecule has 26 heavy (non-hydrogen) atoms. The van der Waals surface area contributed by atoms with E-state index < -0.39 is 0 Å². The zero-order chi connectivity index (χ0) is 18.3. The van der Waals surface area contributed by atoms with Gasteiger partial charge in [-0.3, -0.25) is 0 Å². The minimum absolute atomic E-state index is 0.205. The Kier molecular flexibility index (Phi) is 4.24. The highest BCUT2D eigenvalue weighted by Crippen LogP contribution is 2.33. The molecular formula is C19H24N6O. The van der Waals surface area contributed by atoms with Crippen LogP contribution in [0.2, 0.25) is 0 Å². The van der Waals surface area contributed by atoms with Crippen molar-refractivity contribution in [1.82, 2.24) is 24.7 Å². The van der Waals surface area contributed by atoms with E-state index in [1.165, 1.54) is 0 Å². The van der Waals surface area contributed by atoms with E-state index in [1.54, 1.807) is 10.6 Å². The van der Waals surface area contributed by atoms with Gasteiger partial charge < -0.3 is 15.3 Å². The lowest BCUT2D eigenvalue weighted by Gasteiger charge is -2.30. The molecule has 7 heteroatoms. The summed E-state index contributed by atoms with van der Waals surface area (Å²) in [5.41, 5.74) is 4.18. The molecule has 1 fully saturated rings. The molecule has 2 aromatic heterocycles. The maximum absolute atomic E-state index is 10.4. The molecule has 0 aliphatic carbocycles. The van der Waals surface area contributed by atoms with Crippen molar-refractivity contribution < 1.29 is 5.11 Å². The van der Waals surface area contributed by atoms with Gasteiger partial charge in [-0.25, -0.2) is 0 Å². The number of fused-ring (bicyclic) bond motifs is 1. The predicted octanol–water partition coefficient (Wildman–Crippen LogP) is 2.62. The van der Waals surface area contributed by atoms with Crippen molar-refractivity contribution in [3.05, 3.63) is 35.5 Å². The second-order valence-corrected chi connectivity index (χ2v) is 7.23. The number of benzene rings is 1. The van der Waals surface area contributed by atoms with E-state index in [0.717, 1.165) is 42.6 Å². The van der Waals surface area contributed by atoms with Gasteiger partial charge in [-0.05, 0) is 63.5 Å². The summed E-state index contributed by atoms with van der Waals surface area (Å²) in [5, 5.41) is 27.2. The normalized spacial score (nSPS) is 18.3. The molecule has 2 N–H and O–H groups in total. The molecule has 0 radical (unpaired) electrons. The van der Waals surface area contributed by atoms with Crippen LogP contribution in [0.5, 0.6) is 5.75 Å². The zero-order valence-electron chi connectivity index (χ0n) is 15.4. The van der Waals surface area contributed by atoms with E-state index in [1.807, 2.05) is 32.2 Å². The van der Waals surface area contributed by atoms with Crippen LogP contribution in [0.1, 0.15) is 24.0 Å². The quantitative estimate of drug-likeness (QED) is 0.754. The van der Waals surface area contributed by atoms with Gasteiger partial charge in [0, 0.05) is 18.2 Å². The van der Waals surface area contributed by atoms with E-state index in [-0.39, 0.29) is 5.75 Å². The minimum atomic E-state index is 0.205. The van der Waals surface area contributed by atoms with Crippen molar-refractivity contribution in [3.8, 4) is 17.0 Å². The van der Waals surface area contributed by atoms with Crippen LogP contribution in [-0.4, -0.2) is 56.0 Å². The molecule has 7 nitrogen and oxygen atoms in total. The third kappa shape index (κ3) is 2.99. The summed E-state index contributed by atoms with van der Waals surface area (Å²) in [6.07, 6.45) is 4.08. The molecule has 1 aliphatic rings.